The van der Waals surface area contributed by atoms with Crippen molar-refractivity contribution in [3.63, 3.8) is 0 Å². The molecule has 0 aromatic heterocycles. The maximum Gasteiger partial charge on any atom is 0.127 e. The first-order valence-corrected chi connectivity index (χ1v) is 4.53. The minimum Gasteiger partial charge on any atom is -0.207 e. The van der Waals surface area contributed by atoms with Crippen molar-refractivity contribution in [3.05, 3.63) is 33.5 Å². The number of rotatable bonds is 0. The van der Waals surface area contributed by atoms with Crippen molar-refractivity contribution in [1.82, 2.24) is 0 Å². The average molecular weight is 215 g/mol. The Labute approximate surface area is 73.6 Å². The molecule has 0 spiro atoms. The molecular weight excluding hydrogens is 207 g/mol. The Bertz CT molecular complexity index is 294. The van der Waals surface area contributed by atoms with Crippen molar-refractivity contribution >= 4 is 15.9 Å². The van der Waals surface area contributed by atoms with Crippen LogP contribution < -0.4 is 0 Å². The third-order valence-corrected chi connectivity index (χ3v) is 2.58. The highest BCUT2D eigenvalue weighted by atomic mass is 79.9. The van der Waals surface area contributed by atoms with Crippen LogP contribution in [0.4, 0.5) is 4.39 Å². The second kappa shape index (κ2) is 2.59. The predicted molar refractivity (Wildman–Crippen MR) is 46.1 cm³/mol. The normalized spacial score (nSPS) is 15.1. The van der Waals surface area contributed by atoms with Gasteiger partial charge in [-0.3, -0.25) is 0 Å². The number of hydrogen-bond donors (Lipinski definition) is 0. The average Bonchev–Trinajstić information content (AvgIpc) is 2.34. The second-order valence-corrected chi connectivity index (χ2v) is 3.79. The van der Waals surface area contributed by atoms with Crippen LogP contribution in [0.25, 0.3) is 0 Å². The standard InChI is InChI=1S/C9H8BrF/c10-7-4-6-2-1-3-8(6)9(11)5-7/h4-5H,1-3H2. The van der Waals surface area contributed by atoms with E-state index in [1.807, 2.05) is 6.07 Å². The van der Waals surface area contributed by atoms with E-state index in [2.05, 4.69) is 15.9 Å². The van der Waals surface area contributed by atoms with Gasteiger partial charge in [0.1, 0.15) is 5.82 Å². The Kier molecular flexibility index (Phi) is 1.72. The van der Waals surface area contributed by atoms with Gasteiger partial charge >= 0.3 is 0 Å². The van der Waals surface area contributed by atoms with E-state index in [1.165, 1.54) is 5.56 Å². The van der Waals surface area contributed by atoms with Crippen molar-refractivity contribution in [2.75, 3.05) is 0 Å². The molecule has 0 saturated carbocycles. The lowest BCUT2D eigenvalue weighted by Gasteiger charge is -2.00. The Hall–Kier alpha value is -0.370. The third-order valence-electron chi connectivity index (χ3n) is 2.13. The first-order valence-electron chi connectivity index (χ1n) is 3.74. The minimum atomic E-state index is -0.0492. The first-order chi connectivity index (χ1) is 5.27. The molecule has 0 nitrogen and oxygen atoms in total. The number of hydrogen-bond acceptors (Lipinski definition) is 0. The van der Waals surface area contributed by atoms with Crippen molar-refractivity contribution in [3.8, 4) is 0 Å². The van der Waals surface area contributed by atoms with Crippen LogP contribution >= 0.6 is 15.9 Å². The van der Waals surface area contributed by atoms with Crippen LogP contribution in [0.3, 0.4) is 0 Å². The van der Waals surface area contributed by atoms with E-state index in [4.69, 9.17) is 0 Å². The fourth-order valence-corrected chi connectivity index (χ4v) is 2.09. The molecule has 0 heterocycles. The maximum atomic E-state index is 13.1. The molecule has 2 heteroatoms. The summed E-state index contributed by atoms with van der Waals surface area (Å²) in [6.45, 7) is 0. The van der Waals surface area contributed by atoms with Crippen LogP contribution in [0.5, 0.6) is 0 Å². The molecule has 0 amide bonds. The van der Waals surface area contributed by atoms with Gasteiger partial charge in [-0.05, 0) is 42.5 Å². The largest absolute Gasteiger partial charge is 0.207 e. The lowest BCUT2D eigenvalue weighted by molar-refractivity contribution is 0.612. The van der Waals surface area contributed by atoms with Gasteiger partial charge in [-0.2, -0.15) is 0 Å². The summed E-state index contributed by atoms with van der Waals surface area (Å²) in [7, 11) is 0. The minimum absolute atomic E-state index is 0.0492. The van der Waals surface area contributed by atoms with Gasteiger partial charge in [0.2, 0.25) is 0 Å². The molecule has 1 aliphatic carbocycles. The number of aryl methyl sites for hydroxylation is 1. The molecule has 0 unspecified atom stereocenters. The molecule has 2 rings (SSSR count). The predicted octanol–water partition coefficient (Wildman–Crippen LogP) is 3.08. The van der Waals surface area contributed by atoms with Gasteiger partial charge in [-0.1, -0.05) is 15.9 Å². The fraction of sp³-hybridized carbons (Fsp3) is 0.333. The zero-order chi connectivity index (χ0) is 7.84. The van der Waals surface area contributed by atoms with E-state index in [-0.39, 0.29) is 5.82 Å². The van der Waals surface area contributed by atoms with Crippen molar-refractivity contribution < 1.29 is 4.39 Å². The fourth-order valence-electron chi connectivity index (χ4n) is 1.62. The van der Waals surface area contributed by atoms with Gasteiger partial charge in [0, 0.05) is 4.47 Å². The molecule has 0 bridgehead atoms. The topological polar surface area (TPSA) is 0 Å². The molecule has 58 valence electrons. The molecule has 0 radical (unpaired) electrons. The number of benzene rings is 1. The smallest absolute Gasteiger partial charge is 0.127 e. The quantitative estimate of drug-likeness (QED) is 0.623. The molecule has 0 aliphatic heterocycles. The van der Waals surface area contributed by atoms with Crippen LogP contribution in [-0.2, 0) is 12.8 Å². The molecule has 0 N–H and O–H groups in total. The first kappa shape index (κ1) is 7.29. The second-order valence-electron chi connectivity index (χ2n) is 2.88. The van der Waals surface area contributed by atoms with Crippen molar-refractivity contribution in [2.45, 2.75) is 19.3 Å². The van der Waals surface area contributed by atoms with Gasteiger partial charge in [-0.25, -0.2) is 4.39 Å². The lowest BCUT2D eigenvalue weighted by atomic mass is 10.1. The SMILES string of the molecule is Fc1cc(Br)cc2c1CCC2. The molecule has 0 saturated heterocycles. The maximum absolute atomic E-state index is 13.1. The molecule has 1 aromatic rings. The summed E-state index contributed by atoms with van der Waals surface area (Å²) >= 11 is 3.28. The van der Waals surface area contributed by atoms with Crippen LogP contribution in [0.1, 0.15) is 17.5 Å². The molecule has 1 aliphatic rings. The summed E-state index contributed by atoms with van der Waals surface area (Å²) in [6, 6.07) is 3.57. The summed E-state index contributed by atoms with van der Waals surface area (Å²) in [4.78, 5) is 0. The summed E-state index contributed by atoms with van der Waals surface area (Å²) in [5, 5.41) is 0. The van der Waals surface area contributed by atoms with Crippen LogP contribution in [0.2, 0.25) is 0 Å². The number of halogens is 2. The van der Waals surface area contributed by atoms with Gasteiger partial charge in [0.25, 0.3) is 0 Å². The van der Waals surface area contributed by atoms with Gasteiger partial charge in [0.05, 0.1) is 0 Å². The molecule has 1 aromatic carbocycles. The lowest BCUT2D eigenvalue weighted by Crippen LogP contribution is -1.87. The number of fused-ring (bicyclic) bond motifs is 1. The van der Waals surface area contributed by atoms with E-state index >= 15 is 0 Å². The summed E-state index contributed by atoms with van der Waals surface area (Å²) in [5.74, 6) is -0.0492. The zero-order valence-electron chi connectivity index (χ0n) is 6.03. The Morgan fingerprint density at radius 1 is 1.27 bits per heavy atom. The summed E-state index contributed by atoms with van der Waals surface area (Å²) in [6.07, 6.45) is 3.04. The van der Waals surface area contributed by atoms with Gasteiger partial charge in [0.15, 0.2) is 0 Å². The van der Waals surface area contributed by atoms with E-state index in [1.54, 1.807) is 6.07 Å². The van der Waals surface area contributed by atoms with Crippen molar-refractivity contribution in [1.29, 1.82) is 0 Å². The third kappa shape index (κ3) is 1.20. The zero-order valence-corrected chi connectivity index (χ0v) is 7.62. The van der Waals surface area contributed by atoms with E-state index < -0.39 is 0 Å². The summed E-state index contributed by atoms with van der Waals surface area (Å²) in [5.41, 5.74) is 2.10. The van der Waals surface area contributed by atoms with E-state index in [9.17, 15) is 4.39 Å². The summed E-state index contributed by atoms with van der Waals surface area (Å²) < 4.78 is 14.0. The highest BCUT2D eigenvalue weighted by molar-refractivity contribution is 9.10. The van der Waals surface area contributed by atoms with Crippen LogP contribution in [0, 0.1) is 5.82 Å². The highest BCUT2D eigenvalue weighted by Gasteiger charge is 2.15. The van der Waals surface area contributed by atoms with E-state index in [0.29, 0.717) is 0 Å². The molecule has 0 fully saturated rings. The van der Waals surface area contributed by atoms with Gasteiger partial charge in [-0.15, -0.1) is 0 Å². The Morgan fingerprint density at radius 2 is 2.09 bits per heavy atom. The molecule has 0 atom stereocenters. The molecule has 11 heavy (non-hydrogen) atoms. The van der Waals surface area contributed by atoms with Crippen LogP contribution in [-0.4, -0.2) is 0 Å². The Balaban J connectivity index is 2.60. The van der Waals surface area contributed by atoms with Crippen LogP contribution in [0.15, 0.2) is 16.6 Å². The highest BCUT2D eigenvalue weighted by Crippen LogP contribution is 2.27. The monoisotopic (exact) mass is 214 g/mol. The molecular formula is C9H8BrF. The van der Waals surface area contributed by atoms with Gasteiger partial charge < -0.3 is 0 Å². The Morgan fingerprint density at radius 3 is 2.91 bits per heavy atom. The van der Waals surface area contributed by atoms with Crippen molar-refractivity contribution in [2.24, 2.45) is 0 Å². The van der Waals surface area contributed by atoms with E-state index in [0.717, 1.165) is 29.3 Å².